The van der Waals surface area contributed by atoms with Crippen LogP contribution in [0.25, 0.3) is 0 Å². The number of nitrogens with one attached hydrogen (secondary N) is 2. The second kappa shape index (κ2) is 7.77. The lowest BCUT2D eigenvalue weighted by Crippen LogP contribution is -2.34. The van der Waals surface area contributed by atoms with Crippen LogP contribution in [0.15, 0.2) is 46.1 Å². The number of halogens is 1. The van der Waals surface area contributed by atoms with Gasteiger partial charge in [0.2, 0.25) is 5.91 Å². The number of amides is 2. The zero-order valence-electron chi connectivity index (χ0n) is 12.9. The fourth-order valence-corrected chi connectivity index (χ4v) is 3.85. The summed E-state index contributed by atoms with van der Waals surface area (Å²) in [5.74, 6) is 0.615. The average molecular weight is 365 g/mol. The van der Waals surface area contributed by atoms with Crippen molar-refractivity contribution in [1.82, 2.24) is 10.6 Å². The Bertz CT molecular complexity index is 733. The maximum Gasteiger partial charge on any atom is 0.254 e. The molecule has 2 amide bonds. The minimum absolute atomic E-state index is 0.0305. The molecular weight excluding hydrogens is 348 g/mol. The zero-order valence-corrected chi connectivity index (χ0v) is 14.5. The molecule has 5 nitrogen and oxygen atoms in total. The van der Waals surface area contributed by atoms with E-state index < -0.39 is 0 Å². The summed E-state index contributed by atoms with van der Waals surface area (Å²) in [7, 11) is 0. The number of hydrogen-bond acceptors (Lipinski definition) is 4. The number of thioether (sulfide) groups is 1. The molecule has 1 aromatic heterocycles. The molecule has 0 saturated carbocycles. The highest BCUT2D eigenvalue weighted by Gasteiger charge is 2.22. The SMILES string of the molecule is O=C(CCNC(=O)c1ccoc1)NC1CCSc2ccc(Cl)cc21. The second-order valence-electron chi connectivity index (χ2n) is 5.46. The first-order valence-corrected chi connectivity index (χ1v) is 9.02. The van der Waals surface area contributed by atoms with Crippen LogP contribution in [0.2, 0.25) is 5.02 Å². The van der Waals surface area contributed by atoms with E-state index in [2.05, 4.69) is 10.6 Å². The van der Waals surface area contributed by atoms with E-state index in [1.54, 1.807) is 17.8 Å². The van der Waals surface area contributed by atoms with Crippen LogP contribution < -0.4 is 10.6 Å². The summed E-state index contributed by atoms with van der Waals surface area (Å²) < 4.78 is 4.85. The monoisotopic (exact) mass is 364 g/mol. The van der Waals surface area contributed by atoms with Gasteiger partial charge in [0, 0.05) is 28.6 Å². The number of furan rings is 1. The molecular formula is C17H17ClN2O3S. The van der Waals surface area contributed by atoms with Gasteiger partial charge in [-0.3, -0.25) is 9.59 Å². The van der Waals surface area contributed by atoms with Crippen molar-refractivity contribution >= 4 is 35.2 Å². The van der Waals surface area contributed by atoms with E-state index in [0.717, 1.165) is 22.6 Å². The van der Waals surface area contributed by atoms with Crippen LogP contribution >= 0.6 is 23.4 Å². The van der Waals surface area contributed by atoms with Crippen LogP contribution in [0.5, 0.6) is 0 Å². The van der Waals surface area contributed by atoms with Gasteiger partial charge in [-0.2, -0.15) is 0 Å². The Morgan fingerprint density at radius 2 is 2.21 bits per heavy atom. The molecule has 1 aromatic carbocycles. The molecule has 1 atom stereocenters. The molecule has 1 unspecified atom stereocenters. The Morgan fingerprint density at radius 1 is 1.33 bits per heavy atom. The lowest BCUT2D eigenvalue weighted by molar-refractivity contribution is -0.121. The topological polar surface area (TPSA) is 71.3 Å². The molecule has 24 heavy (non-hydrogen) atoms. The van der Waals surface area contributed by atoms with Gasteiger partial charge < -0.3 is 15.1 Å². The zero-order chi connectivity index (χ0) is 16.9. The van der Waals surface area contributed by atoms with Crippen LogP contribution in [0.3, 0.4) is 0 Å². The van der Waals surface area contributed by atoms with E-state index in [0.29, 0.717) is 10.6 Å². The van der Waals surface area contributed by atoms with E-state index in [1.165, 1.54) is 12.5 Å². The highest BCUT2D eigenvalue weighted by molar-refractivity contribution is 7.99. The van der Waals surface area contributed by atoms with Gasteiger partial charge in [0.05, 0.1) is 17.9 Å². The highest BCUT2D eigenvalue weighted by atomic mass is 35.5. The van der Waals surface area contributed by atoms with E-state index >= 15 is 0 Å². The van der Waals surface area contributed by atoms with Gasteiger partial charge in [-0.05, 0) is 36.2 Å². The molecule has 3 rings (SSSR count). The van der Waals surface area contributed by atoms with Crippen molar-refractivity contribution in [3.05, 3.63) is 52.9 Å². The largest absolute Gasteiger partial charge is 0.472 e. The first-order valence-electron chi connectivity index (χ1n) is 7.65. The minimum atomic E-state index is -0.247. The van der Waals surface area contributed by atoms with Crippen molar-refractivity contribution in [2.75, 3.05) is 12.3 Å². The van der Waals surface area contributed by atoms with Crippen molar-refractivity contribution in [1.29, 1.82) is 0 Å². The lowest BCUT2D eigenvalue weighted by Gasteiger charge is -2.26. The second-order valence-corrected chi connectivity index (χ2v) is 7.03. The molecule has 1 aliphatic heterocycles. The smallest absolute Gasteiger partial charge is 0.254 e. The summed E-state index contributed by atoms with van der Waals surface area (Å²) in [6, 6.07) is 7.32. The predicted molar refractivity (Wildman–Crippen MR) is 93.3 cm³/mol. The fourth-order valence-electron chi connectivity index (χ4n) is 2.57. The number of rotatable bonds is 5. The lowest BCUT2D eigenvalue weighted by atomic mass is 10.0. The number of fused-ring (bicyclic) bond motifs is 1. The summed E-state index contributed by atoms with van der Waals surface area (Å²) >= 11 is 7.84. The molecule has 1 aliphatic rings. The first-order chi connectivity index (χ1) is 11.6. The third-order valence-corrected chi connectivity index (χ3v) is 5.13. The van der Waals surface area contributed by atoms with Crippen molar-refractivity contribution < 1.29 is 14.0 Å². The van der Waals surface area contributed by atoms with Gasteiger partial charge in [0.15, 0.2) is 0 Å². The Balaban J connectivity index is 1.51. The predicted octanol–water partition coefficient (Wildman–Crippen LogP) is 3.41. The van der Waals surface area contributed by atoms with Gasteiger partial charge in [0.1, 0.15) is 6.26 Å². The molecule has 2 aromatic rings. The number of carbonyl (C=O) groups excluding carboxylic acids is 2. The van der Waals surface area contributed by atoms with Crippen LogP contribution in [0.1, 0.15) is 34.8 Å². The van der Waals surface area contributed by atoms with Crippen molar-refractivity contribution in [3.63, 3.8) is 0 Å². The standard InChI is InChI=1S/C17H17ClN2O3S/c18-12-1-2-15-13(9-12)14(5-8-24-15)20-16(21)3-6-19-17(22)11-4-7-23-10-11/h1-2,4,7,9-10,14H,3,5-6,8H2,(H,19,22)(H,20,21). The summed E-state index contributed by atoms with van der Waals surface area (Å²) in [6.07, 6.45) is 3.90. The van der Waals surface area contributed by atoms with Crippen molar-refractivity contribution in [3.8, 4) is 0 Å². The summed E-state index contributed by atoms with van der Waals surface area (Å²) in [4.78, 5) is 25.1. The fraction of sp³-hybridized carbons (Fsp3) is 0.294. The minimum Gasteiger partial charge on any atom is -0.472 e. The number of benzene rings is 1. The molecule has 0 radical (unpaired) electrons. The summed E-state index contributed by atoms with van der Waals surface area (Å²) in [5, 5.41) is 6.40. The third-order valence-electron chi connectivity index (χ3n) is 3.77. The highest BCUT2D eigenvalue weighted by Crippen LogP contribution is 2.37. The summed E-state index contributed by atoms with van der Waals surface area (Å²) in [5.41, 5.74) is 1.51. The van der Waals surface area contributed by atoms with Crippen LogP contribution in [0, 0.1) is 0 Å². The van der Waals surface area contributed by atoms with Gasteiger partial charge in [-0.25, -0.2) is 0 Å². The maximum absolute atomic E-state index is 12.2. The Kier molecular flexibility index (Phi) is 5.48. The quantitative estimate of drug-likeness (QED) is 0.852. The molecule has 7 heteroatoms. The summed E-state index contributed by atoms with van der Waals surface area (Å²) in [6.45, 7) is 0.277. The Hall–Kier alpha value is -1.92. The van der Waals surface area contributed by atoms with Crippen LogP contribution in [-0.4, -0.2) is 24.1 Å². The molecule has 2 N–H and O–H groups in total. The van der Waals surface area contributed by atoms with Crippen LogP contribution in [-0.2, 0) is 4.79 Å². The van der Waals surface area contributed by atoms with Crippen LogP contribution in [0.4, 0.5) is 0 Å². The molecule has 0 spiro atoms. The van der Waals surface area contributed by atoms with E-state index in [9.17, 15) is 9.59 Å². The molecule has 126 valence electrons. The average Bonchev–Trinajstić information content (AvgIpc) is 3.10. The number of carbonyl (C=O) groups is 2. The number of hydrogen-bond donors (Lipinski definition) is 2. The molecule has 0 fully saturated rings. The van der Waals surface area contributed by atoms with E-state index in [4.69, 9.17) is 16.0 Å². The third kappa shape index (κ3) is 4.13. The normalized spacial score (nSPS) is 16.3. The van der Waals surface area contributed by atoms with Crippen molar-refractivity contribution in [2.45, 2.75) is 23.8 Å². The molecule has 0 saturated heterocycles. The van der Waals surface area contributed by atoms with Gasteiger partial charge in [-0.15, -0.1) is 11.8 Å². The van der Waals surface area contributed by atoms with Gasteiger partial charge >= 0.3 is 0 Å². The molecule has 2 heterocycles. The van der Waals surface area contributed by atoms with Gasteiger partial charge in [0.25, 0.3) is 5.91 Å². The van der Waals surface area contributed by atoms with E-state index in [-0.39, 0.29) is 30.8 Å². The van der Waals surface area contributed by atoms with Gasteiger partial charge in [-0.1, -0.05) is 11.6 Å². The Morgan fingerprint density at radius 3 is 3.00 bits per heavy atom. The molecule has 0 bridgehead atoms. The van der Waals surface area contributed by atoms with E-state index in [1.807, 2.05) is 18.2 Å². The maximum atomic E-state index is 12.2. The van der Waals surface area contributed by atoms with Crippen molar-refractivity contribution in [2.24, 2.45) is 0 Å². The Labute approximate surface area is 149 Å². The molecule has 0 aliphatic carbocycles. The first kappa shape index (κ1) is 16.9.